The Hall–Kier alpha value is -3.16. The van der Waals surface area contributed by atoms with Gasteiger partial charge in [0.2, 0.25) is 5.91 Å². The van der Waals surface area contributed by atoms with E-state index in [1.165, 1.54) is 27.8 Å². The van der Waals surface area contributed by atoms with E-state index in [0.29, 0.717) is 11.7 Å². The summed E-state index contributed by atoms with van der Waals surface area (Å²) in [5.41, 5.74) is 5.41. The summed E-state index contributed by atoms with van der Waals surface area (Å²) in [6.45, 7) is 8.70. The van der Waals surface area contributed by atoms with Gasteiger partial charge in [0.05, 0.1) is 5.75 Å². The van der Waals surface area contributed by atoms with Gasteiger partial charge < -0.3 is 5.32 Å². The topological polar surface area (TPSA) is 59.8 Å². The molecule has 0 atom stereocenters. The summed E-state index contributed by atoms with van der Waals surface area (Å²) in [6.07, 6.45) is 2.80. The molecule has 0 saturated carbocycles. The fourth-order valence-electron chi connectivity index (χ4n) is 3.62. The Kier molecular flexibility index (Phi) is 7.42. The molecule has 0 radical (unpaired) electrons. The molecule has 0 aliphatic heterocycles. The van der Waals surface area contributed by atoms with Crippen LogP contribution >= 0.6 is 23.1 Å². The van der Waals surface area contributed by atoms with Gasteiger partial charge in [0.1, 0.15) is 0 Å². The van der Waals surface area contributed by atoms with Crippen LogP contribution in [0.15, 0.2) is 77.8 Å². The molecule has 0 aliphatic carbocycles. The van der Waals surface area contributed by atoms with Gasteiger partial charge in [-0.1, -0.05) is 67.2 Å². The molecule has 0 unspecified atom stereocenters. The lowest BCUT2D eigenvalue weighted by Crippen LogP contribution is -2.14. The monoisotopic (exact) mass is 474 g/mol. The molecule has 0 saturated heterocycles. The lowest BCUT2D eigenvalue weighted by molar-refractivity contribution is -0.113. The van der Waals surface area contributed by atoms with E-state index in [0.717, 1.165) is 29.1 Å². The van der Waals surface area contributed by atoms with Crippen molar-refractivity contribution >= 4 is 34.7 Å². The predicted molar refractivity (Wildman–Crippen MR) is 139 cm³/mol. The first-order valence-electron chi connectivity index (χ1n) is 10.8. The van der Waals surface area contributed by atoms with Crippen LogP contribution in [-0.2, 0) is 17.8 Å². The number of amides is 1. The smallest absolute Gasteiger partial charge is 0.234 e. The highest BCUT2D eigenvalue weighted by atomic mass is 32.2. The fraction of sp³-hybridized carbons (Fsp3) is 0.192. The van der Waals surface area contributed by atoms with Gasteiger partial charge in [-0.2, -0.15) is 0 Å². The summed E-state index contributed by atoms with van der Waals surface area (Å²) in [7, 11) is 0. The molecule has 2 heterocycles. The van der Waals surface area contributed by atoms with Crippen LogP contribution in [0.1, 0.15) is 17.4 Å². The molecule has 5 nitrogen and oxygen atoms in total. The molecule has 168 valence electrons. The minimum atomic E-state index is -0.0738. The number of nitrogens with one attached hydrogen (secondary N) is 1. The van der Waals surface area contributed by atoms with E-state index < -0.39 is 0 Å². The summed E-state index contributed by atoms with van der Waals surface area (Å²) in [5, 5.41) is 14.7. The number of aryl methyl sites for hydroxylation is 2. The van der Waals surface area contributed by atoms with Crippen molar-refractivity contribution in [3.05, 3.63) is 83.1 Å². The Morgan fingerprint density at radius 3 is 2.61 bits per heavy atom. The molecule has 7 heteroatoms. The van der Waals surface area contributed by atoms with Crippen LogP contribution in [0.25, 0.3) is 22.5 Å². The Morgan fingerprint density at radius 2 is 1.91 bits per heavy atom. The molecule has 0 spiro atoms. The number of aromatic nitrogens is 3. The quantitative estimate of drug-likeness (QED) is 0.223. The van der Waals surface area contributed by atoms with Crippen molar-refractivity contribution in [2.24, 2.45) is 0 Å². The van der Waals surface area contributed by atoms with Crippen molar-refractivity contribution in [3.63, 3.8) is 0 Å². The predicted octanol–water partition coefficient (Wildman–Crippen LogP) is 6.46. The number of nitrogens with zero attached hydrogens (tertiary/aromatic N) is 3. The molecule has 0 fully saturated rings. The number of hydrogen-bond acceptors (Lipinski definition) is 5. The van der Waals surface area contributed by atoms with Gasteiger partial charge in [0, 0.05) is 33.6 Å². The van der Waals surface area contributed by atoms with Crippen molar-refractivity contribution in [2.45, 2.75) is 32.0 Å². The maximum absolute atomic E-state index is 12.5. The number of thioether (sulfide) groups is 1. The van der Waals surface area contributed by atoms with Gasteiger partial charge in [-0.15, -0.1) is 28.1 Å². The van der Waals surface area contributed by atoms with E-state index in [2.05, 4.69) is 53.5 Å². The van der Waals surface area contributed by atoms with Gasteiger partial charge in [-0.3, -0.25) is 9.36 Å². The molecule has 33 heavy (non-hydrogen) atoms. The summed E-state index contributed by atoms with van der Waals surface area (Å²) >= 11 is 3.08. The van der Waals surface area contributed by atoms with Crippen molar-refractivity contribution in [2.75, 3.05) is 11.1 Å². The number of hydrogen-bond donors (Lipinski definition) is 1. The Balaban J connectivity index is 1.54. The van der Waals surface area contributed by atoms with Crippen LogP contribution in [0.2, 0.25) is 0 Å². The Morgan fingerprint density at radius 1 is 1.15 bits per heavy atom. The van der Waals surface area contributed by atoms with Crippen LogP contribution in [-0.4, -0.2) is 26.4 Å². The van der Waals surface area contributed by atoms with Gasteiger partial charge >= 0.3 is 0 Å². The van der Waals surface area contributed by atoms with E-state index in [1.807, 2.05) is 53.1 Å². The van der Waals surface area contributed by atoms with Gasteiger partial charge in [-0.05, 0) is 36.6 Å². The molecule has 4 rings (SSSR count). The standard InChI is InChI=1S/C26H26N4OS2/c1-4-15-30-25(22-16-32-18(3)24(22)20-9-7-6-8-10-20)28-29-26(30)33-17-23(31)27-21-13-11-19(5-2)12-14-21/h4,6-14,16H,1,5,15,17H2,2-3H3,(H,27,31). The molecular weight excluding hydrogens is 448 g/mol. The molecule has 1 amide bonds. The van der Waals surface area contributed by atoms with E-state index in [-0.39, 0.29) is 11.7 Å². The largest absolute Gasteiger partial charge is 0.325 e. The van der Waals surface area contributed by atoms with Crippen LogP contribution in [0.4, 0.5) is 5.69 Å². The minimum absolute atomic E-state index is 0.0738. The Bertz CT molecular complexity index is 1240. The maximum Gasteiger partial charge on any atom is 0.234 e. The first-order valence-corrected chi connectivity index (χ1v) is 12.7. The average Bonchev–Trinajstić information content (AvgIpc) is 3.42. The number of carbonyl (C=O) groups excluding carboxylic acids is 1. The van der Waals surface area contributed by atoms with E-state index in [1.54, 1.807) is 11.3 Å². The van der Waals surface area contributed by atoms with Gasteiger partial charge in [0.25, 0.3) is 0 Å². The third kappa shape index (κ3) is 5.26. The third-order valence-electron chi connectivity index (χ3n) is 5.29. The number of anilines is 1. The lowest BCUT2D eigenvalue weighted by Gasteiger charge is -2.10. The highest BCUT2D eigenvalue weighted by Gasteiger charge is 2.20. The first-order chi connectivity index (χ1) is 16.1. The van der Waals surface area contributed by atoms with Crippen LogP contribution < -0.4 is 5.32 Å². The second kappa shape index (κ2) is 10.6. The van der Waals surface area contributed by atoms with Gasteiger partial charge in [0.15, 0.2) is 11.0 Å². The first kappa shape index (κ1) is 23.0. The fourth-order valence-corrected chi connectivity index (χ4v) is 5.23. The van der Waals surface area contributed by atoms with Crippen molar-refractivity contribution in [3.8, 4) is 22.5 Å². The number of rotatable bonds is 9. The van der Waals surface area contributed by atoms with Crippen LogP contribution in [0, 0.1) is 6.92 Å². The number of thiophene rings is 1. The molecule has 0 aliphatic rings. The second-order valence-electron chi connectivity index (χ2n) is 7.54. The molecule has 2 aromatic heterocycles. The molecule has 0 bridgehead atoms. The molecular formula is C26H26N4OS2. The van der Waals surface area contributed by atoms with E-state index in [4.69, 9.17) is 0 Å². The van der Waals surface area contributed by atoms with E-state index >= 15 is 0 Å². The summed E-state index contributed by atoms with van der Waals surface area (Å²) in [4.78, 5) is 13.7. The zero-order valence-corrected chi connectivity index (χ0v) is 20.4. The highest BCUT2D eigenvalue weighted by Crippen LogP contribution is 2.39. The van der Waals surface area contributed by atoms with Crippen LogP contribution in [0.5, 0.6) is 0 Å². The normalized spacial score (nSPS) is 10.8. The second-order valence-corrected chi connectivity index (χ2v) is 9.57. The van der Waals surface area contributed by atoms with Gasteiger partial charge in [-0.25, -0.2) is 0 Å². The summed E-state index contributed by atoms with van der Waals surface area (Å²) in [6, 6.07) is 18.3. The van der Waals surface area contributed by atoms with Crippen LogP contribution in [0.3, 0.4) is 0 Å². The highest BCUT2D eigenvalue weighted by molar-refractivity contribution is 7.99. The zero-order valence-electron chi connectivity index (χ0n) is 18.7. The molecule has 1 N–H and O–H groups in total. The SMILES string of the molecule is C=CCn1c(SCC(=O)Nc2ccc(CC)cc2)nnc1-c1csc(C)c1-c1ccccc1. The van der Waals surface area contributed by atoms with E-state index in [9.17, 15) is 4.79 Å². The van der Waals surface area contributed by atoms with Crippen molar-refractivity contribution in [1.29, 1.82) is 0 Å². The average molecular weight is 475 g/mol. The molecule has 4 aromatic rings. The van der Waals surface area contributed by atoms with Crippen molar-refractivity contribution < 1.29 is 4.79 Å². The summed E-state index contributed by atoms with van der Waals surface area (Å²) < 4.78 is 2.02. The minimum Gasteiger partial charge on any atom is -0.325 e. The summed E-state index contributed by atoms with van der Waals surface area (Å²) in [5.74, 6) is 0.963. The number of benzene rings is 2. The lowest BCUT2D eigenvalue weighted by atomic mass is 10.0. The number of carbonyl (C=O) groups is 1. The third-order valence-corrected chi connectivity index (χ3v) is 7.16. The molecule has 2 aromatic carbocycles. The van der Waals surface area contributed by atoms with Crippen molar-refractivity contribution in [1.82, 2.24) is 14.8 Å². The number of allylic oxidation sites excluding steroid dienone is 1. The zero-order chi connectivity index (χ0) is 23.2. The Labute approximate surface area is 202 Å². The maximum atomic E-state index is 12.5.